The molecule has 1 aliphatic heterocycles. The van der Waals surface area contributed by atoms with Gasteiger partial charge in [0, 0.05) is 16.9 Å². The van der Waals surface area contributed by atoms with Gasteiger partial charge in [0.1, 0.15) is 12.2 Å². The number of carboxylic acids is 1. The summed E-state index contributed by atoms with van der Waals surface area (Å²) in [4.78, 5) is 36.3. The second-order valence-electron chi connectivity index (χ2n) is 8.25. The van der Waals surface area contributed by atoms with Crippen LogP contribution in [0.15, 0.2) is 12.2 Å². The molecule has 2 saturated carbocycles. The zero-order valence-electron chi connectivity index (χ0n) is 15.5. The summed E-state index contributed by atoms with van der Waals surface area (Å²) in [6.45, 7) is 6.68. The molecule has 2 aliphatic carbocycles. The quantitative estimate of drug-likeness (QED) is 0.473. The van der Waals surface area contributed by atoms with Gasteiger partial charge >= 0.3 is 17.9 Å². The molecule has 0 spiro atoms. The van der Waals surface area contributed by atoms with Gasteiger partial charge in [-0.3, -0.25) is 9.59 Å². The predicted octanol–water partition coefficient (Wildman–Crippen LogP) is 0.506. The third kappa shape index (κ3) is 3.04. The Morgan fingerprint density at radius 2 is 2.07 bits per heavy atom. The Bertz CT molecular complexity index is 673. The molecule has 3 aliphatic rings. The van der Waals surface area contributed by atoms with E-state index >= 15 is 0 Å². The molecule has 1 saturated heterocycles. The van der Waals surface area contributed by atoms with E-state index in [1.54, 1.807) is 6.92 Å². The molecule has 3 N–H and O–H groups in total. The van der Waals surface area contributed by atoms with Crippen LogP contribution in [-0.4, -0.2) is 58.1 Å². The minimum absolute atomic E-state index is 0.153. The number of hydrogen-bond acceptors (Lipinski definition) is 7. The molecule has 8 nitrogen and oxygen atoms in total. The Morgan fingerprint density at radius 3 is 2.67 bits per heavy atom. The average Bonchev–Trinajstić information content (AvgIpc) is 2.90. The van der Waals surface area contributed by atoms with Crippen LogP contribution in [0.5, 0.6) is 0 Å². The number of aliphatic carboxylic acids is 1. The summed E-state index contributed by atoms with van der Waals surface area (Å²) in [7, 11) is 0. The number of aliphatic hydroxyl groups is 2. The Labute approximate surface area is 157 Å². The molecule has 150 valence electrons. The maximum absolute atomic E-state index is 12.2. The topological polar surface area (TPSA) is 130 Å². The molecule has 0 bridgehead atoms. The van der Waals surface area contributed by atoms with Crippen LogP contribution < -0.4 is 0 Å². The Kier molecular flexibility index (Phi) is 5.07. The highest BCUT2D eigenvalue weighted by Gasteiger charge is 2.64. The first-order valence-corrected chi connectivity index (χ1v) is 9.23. The van der Waals surface area contributed by atoms with Crippen molar-refractivity contribution >= 4 is 17.9 Å². The average molecular weight is 382 g/mol. The lowest BCUT2D eigenvalue weighted by atomic mass is 9.51. The van der Waals surface area contributed by atoms with Gasteiger partial charge in [-0.25, -0.2) is 4.79 Å². The maximum atomic E-state index is 12.2. The summed E-state index contributed by atoms with van der Waals surface area (Å²) in [6.07, 6.45) is -1.60. The van der Waals surface area contributed by atoms with Crippen LogP contribution in [0.25, 0.3) is 0 Å². The molecule has 0 amide bonds. The highest BCUT2D eigenvalue weighted by molar-refractivity contribution is 5.91. The fourth-order valence-electron chi connectivity index (χ4n) is 5.04. The minimum Gasteiger partial charge on any atom is -0.481 e. The van der Waals surface area contributed by atoms with Crippen molar-refractivity contribution in [3.8, 4) is 0 Å². The van der Waals surface area contributed by atoms with Crippen molar-refractivity contribution < 1.29 is 39.2 Å². The standard InChI is InChI=1S/C19H26O8/c1-8(7-20)17(24)26-11-6-19(3)12(21)5-4-10(16(22)23)14(19)15-13(11)9(2)18(25)27-15/h8,10-15,20-21H,2,4-7H2,1,3H3,(H,22,23). The van der Waals surface area contributed by atoms with Crippen molar-refractivity contribution in [3.63, 3.8) is 0 Å². The molecule has 8 heteroatoms. The lowest BCUT2D eigenvalue weighted by Crippen LogP contribution is -2.61. The van der Waals surface area contributed by atoms with Crippen LogP contribution in [0.3, 0.4) is 0 Å². The molecule has 27 heavy (non-hydrogen) atoms. The highest BCUT2D eigenvalue weighted by Crippen LogP contribution is 2.58. The fraction of sp³-hybridized carbons (Fsp3) is 0.737. The molecule has 0 aromatic heterocycles. The van der Waals surface area contributed by atoms with Crippen LogP contribution in [0.2, 0.25) is 0 Å². The zero-order valence-corrected chi connectivity index (χ0v) is 15.5. The number of hydrogen-bond donors (Lipinski definition) is 3. The molecule has 0 aromatic carbocycles. The van der Waals surface area contributed by atoms with Crippen LogP contribution in [0, 0.1) is 29.1 Å². The Morgan fingerprint density at radius 1 is 1.41 bits per heavy atom. The molecular formula is C19H26O8. The predicted molar refractivity (Wildman–Crippen MR) is 91.2 cm³/mol. The van der Waals surface area contributed by atoms with Crippen molar-refractivity contribution in [1.82, 2.24) is 0 Å². The van der Waals surface area contributed by atoms with Crippen molar-refractivity contribution in [3.05, 3.63) is 12.2 Å². The van der Waals surface area contributed by atoms with E-state index in [4.69, 9.17) is 9.47 Å². The van der Waals surface area contributed by atoms with Crippen molar-refractivity contribution in [1.29, 1.82) is 0 Å². The van der Waals surface area contributed by atoms with Gasteiger partial charge in [0.25, 0.3) is 0 Å². The summed E-state index contributed by atoms with van der Waals surface area (Å²) in [5, 5.41) is 29.6. The van der Waals surface area contributed by atoms with Crippen molar-refractivity contribution in [2.75, 3.05) is 6.61 Å². The first-order chi connectivity index (χ1) is 12.6. The highest BCUT2D eigenvalue weighted by atomic mass is 16.6. The van der Waals surface area contributed by atoms with Gasteiger partial charge in [0.15, 0.2) is 0 Å². The normalized spacial score (nSPS) is 41.9. The Hall–Kier alpha value is -1.93. The van der Waals surface area contributed by atoms with Gasteiger partial charge < -0.3 is 24.8 Å². The maximum Gasteiger partial charge on any atom is 0.334 e. The van der Waals surface area contributed by atoms with Gasteiger partial charge in [0.2, 0.25) is 0 Å². The van der Waals surface area contributed by atoms with Gasteiger partial charge in [-0.05, 0) is 26.2 Å². The third-order valence-electron chi connectivity index (χ3n) is 6.63. The third-order valence-corrected chi connectivity index (χ3v) is 6.63. The van der Waals surface area contributed by atoms with E-state index < -0.39 is 65.3 Å². The van der Waals surface area contributed by atoms with Gasteiger partial charge in [-0.15, -0.1) is 0 Å². The first kappa shape index (κ1) is 19.8. The molecule has 3 rings (SSSR count). The lowest BCUT2D eigenvalue weighted by Gasteiger charge is -2.55. The smallest absolute Gasteiger partial charge is 0.334 e. The summed E-state index contributed by atoms with van der Waals surface area (Å²) in [5.41, 5.74) is -0.735. The van der Waals surface area contributed by atoms with Crippen LogP contribution in [0.1, 0.15) is 33.1 Å². The van der Waals surface area contributed by atoms with Crippen molar-refractivity contribution in [2.45, 2.75) is 51.4 Å². The molecule has 8 atom stereocenters. The lowest BCUT2D eigenvalue weighted by molar-refractivity contribution is -0.204. The SMILES string of the molecule is C=C1C(=O)OC2C1C(OC(=O)C(C)CO)CC1(C)C(O)CCC(C(=O)O)C21. The first-order valence-electron chi connectivity index (χ1n) is 9.23. The zero-order chi connectivity index (χ0) is 20.1. The molecule has 8 unspecified atom stereocenters. The molecule has 0 aromatic rings. The summed E-state index contributed by atoms with van der Waals surface area (Å²) in [6, 6.07) is 0. The van der Waals surface area contributed by atoms with E-state index in [0.29, 0.717) is 6.42 Å². The second-order valence-corrected chi connectivity index (χ2v) is 8.25. The van der Waals surface area contributed by atoms with E-state index in [1.165, 1.54) is 6.92 Å². The number of carbonyl (C=O) groups excluding carboxylic acids is 2. The Balaban J connectivity index is 2.00. The molecular weight excluding hydrogens is 356 g/mol. The largest absolute Gasteiger partial charge is 0.481 e. The van der Waals surface area contributed by atoms with E-state index in [9.17, 15) is 29.7 Å². The number of fused-ring (bicyclic) bond motifs is 3. The summed E-state index contributed by atoms with van der Waals surface area (Å²) < 4.78 is 11.1. The van der Waals surface area contributed by atoms with Crippen LogP contribution in [-0.2, 0) is 23.9 Å². The number of esters is 2. The molecule has 1 heterocycles. The van der Waals surface area contributed by atoms with E-state index in [-0.39, 0.29) is 25.0 Å². The van der Waals surface area contributed by atoms with E-state index in [2.05, 4.69) is 6.58 Å². The molecule has 3 fully saturated rings. The summed E-state index contributed by atoms with van der Waals surface area (Å²) in [5.74, 6) is -4.99. The monoisotopic (exact) mass is 382 g/mol. The fourth-order valence-corrected chi connectivity index (χ4v) is 5.04. The summed E-state index contributed by atoms with van der Waals surface area (Å²) >= 11 is 0. The number of aliphatic hydroxyl groups excluding tert-OH is 2. The van der Waals surface area contributed by atoms with Crippen LogP contribution in [0.4, 0.5) is 0 Å². The minimum atomic E-state index is -0.991. The number of ether oxygens (including phenoxy) is 2. The van der Waals surface area contributed by atoms with Gasteiger partial charge in [-0.1, -0.05) is 13.5 Å². The van der Waals surface area contributed by atoms with Crippen molar-refractivity contribution in [2.24, 2.45) is 29.1 Å². The van der Waals surface area contributed by atoms with Gasteiger partial charge in [0.05, 0.1) is 30.5 Å². The second kappa shape index (κ2) is 6.91. The number of carbonyl (C=O) groups is 3. The van der Waals surface area contributed by atoms with E-state index in [0.717, 1.165) is 0 Å². The van der Waals surface area contributed by atoms with E-state index in [1.807, 2.05) is 0 Å². The molecule has 0 radical (unpaired) electrons. The number of rotatable bonds is 4. The number of carboxylic acid groups (broad SMARTS) is 1. The van der Waals surface area contributed by atoms with Gasteiger partial charge in [-0.2, -0.15) is 0 Å². The van der Waals surface area contributed by atoms with Crippen LogP contribution >= 0.6 is 0 Å².